The lowest BCUT2D eigenvalue weighted by molar-refractivity contribution is -0.138. The first-order chi connectivity index (χ1) is 15.7. The van der Waals surface area contributed by atoms with Gasteiger partial charge in [-0.3, -0.25) is 9.59 Å². The van der Waals surface area contributed by atoms with Gasteiger partial charge >= 0.3 is 12.1 Å². The van der Waals surface area contributed by atoms with E-state index in [2.05, 4.69) is 34.8 Å². The van der Waals surface area contributed by atoms with E-state index in [1.165, 1.54) is 26.3 Å². The molecule has 0 saturated carbocycles. The molecule has 0 aromatic carbocycles. The van der Waals surface area contributed by atoms with Crippen molar-refractivity contribution < 1.29 is 27.4 Å². The van der Waals surface area contributed by atoms with E-state index in [9.17, 15) is 27.6 Å². The van der Waals surface area contributed by atoms with Gasteiger partial charge in [-0.15, -0.1) is 0 Å². The lowest BCUT2D eigenvalue weighted by Crippen LogP contribution is -2.35. The lowest BCUT2D eigenvalue weighted by Gasteiger charge is -2.20. The van der Waals surface area contributed by atoms with Crippen molar-refractivity contribution in [1.82, 2.24) is 14.3 Å². The summed E-state index contributed by atoms with van der Waals surface area (Å²) in [7, 11) is -0.211. The summed E-state index contributed by atoms with van der Waals surface area (Å²) in [5.74, 6) is -0.659. The first-order valence-electron chi connectivity index (χ1n) is 10.5. The van der Waals surface area contributed by atoms with Crippen LogP contribution in [0.3, 0.4) is 0 Å². The summed E-state index contributed by atoms with van der Waals surface area (Å²) >= 11 is 0. The number of carbonyl (C=O) groups excluding carboxylic acids is 1. The molecule has 2 aromatic rings. The third kappa shape index (κ3) is 7.55. The summed E-state index contributed by atoms with van der Waals surface area (Å²) in [5, 5.41) is 6.41. The van der Waals surface area contributed by atoms with Crippen LogP contribution in [-0.2, 0) is 28.9 Å². The molecule has 0 fully saturated rings. The second kappa shape index (κ2) is 11.0. The number of ether oxygens (including phenoxy) is 2. The summed E-state index contributed by atoms with van der Waals surface area (Å²) in [6.45, 7) is 7.77. The predicted molar refractivity (Wildman–Crippen MR) is 123 cm³/mol. The van der Waals surface area contributed by atoms with E-state index >= 15 is 0 Å². The number of methoxy groups -OCH3 is 1. The summed E-state index contributed by atoms with van der Waals surface area (Å²) in [4.78, 5) is 36.3. The summed E-state index contributed by atoms with van der Waals surface area (Å²) < 4.78 is 53.0. The Hall–Kier alpha value is -2.93. The molecule has 34 heavy (non-hydrogen) atoms. The third-order valence-corrected chi connectivity index (χ3v) is 6.52. The van der Waals surface area contributed by atoms with Crippen LogP contribution >= 0.6 is 0 Å². The SMILES string of the molecule is COC(=O)c1ccc(=O)n(C[C@H](C)Nc2cnn(COCC[Si](C)(C)C)c(=O)c2C(F)(F)F)c1. The molecule has 0 aliphatic heterocycles. The van der Waals surface area contributed by atoms with Crippen LogP contribution in [0.4, 0.5) is 18.9 Å². The zero-order chi connectivity index (χ0) is 25.7. The number of halogens is 3. The smallest absolute Gasteiger partial charge is 0.423 e. The van der Waals surface area contributed by atoms with Crippen LogP contribution < -0.4 is 16.4 Å². The quantitative estimate of drug-likeness (QED) is 0.303. The van der Waals surface area contributed by atoms with Gasteiger partial charge in [0.25, 0.3) is 11.1 Å². The molecular weight excluding hydrogens is 473 g/mol. The largest absolute Gasteiger partial charge is 0.465 e. The number of anilines is 1. The van der Waals surface area contributed by atoms with Crippen LogP contribution in [0.5, 0.6) is 0 Å². The Labute approximate surface area is 195 Å². The van der Waals surface area contributed by atoms with Crippen molar-refractivity contribution in [2.24, 2.45) is 0 Å². The first kappa shape index (κ1) is 27.3. The molecule has 0 saturated heterocycles. The molecule has 13 heteroatoms. The first-order valence-corrected chi connectivity index (χ1v) is 14.2. The highest BCUT2D eigenvalue weighted by Gasteiger charge is 2.38. The van der Waals surface area contributed by atoms with Gasteiger partial charge < -0.3 is 19.4 Å². The Morgan fingerprint density at radius 2 is 1.91 bits per heavy atom. The van der Waals surface area contributed by atoms with Crippen molar-refractivity contribution in [3.05, 3.63) is 56.4 Å². The van der Waals surface area contributed by atoms with Gasteiger partial charge in [0, 0.05) is 39.5 Å². The minimum absolute atomic E-state index is 0.0795. The molecular formula is C21H29F3N4O5Si. The fraction of sp³-hybridized carbons (Fsp3) is 0.524. The molecule has 9 nitrogen and oxygen atoms in total. The number of alkyl halides is 3. The van der Waals surface area contributed by atoms with Gasteiger partial charge in [-0.1, -0.05) is 19.6 Å². The number of hydrogen-bond donors (Lipinski definition) is 1. The monoisotopic (exact) mass is 502 g/mol. The van der Waals surface area contributed by atoms with E-state index in [1.54, 1.807) is 0 Å². The van der Waals surface area contributed by atoms with E-state index in [1.807, 2.05) is 0 Å². The van der Waals surface area contributed by atoms with Crippen LogP contribution in [0.1, 0.15) is 22.8 Å². The van der Waals surface area contributed by atoms with Gasteiger partial charge in [-0.25, -0.2) is 9.48 Å². The molecule has 0 aliphatic carbocycles. The van der Waals surface area contributed by atoms with Crippen LogP contribution in [0.15, 0.2) is 34.1 Å². The number of nitrogens with zero attached hydrogens (tertiary/aromatic N) is 3. The number of aromatic nitrogens is 3. The fourth-order valence-electron chi connectivity index (χ4n) is 3.01. The molecule has 0 radical (unpaired) electrons. The Kier molecular flexibility index (Phi) is 8.83. The fourth-order valence-corrected chi connectivity index (χ4v) is 3.77. The summed E-state index contributed by atoms with van der Waals surface area (Å²) in [6, 6.07) is 2.52. The maximum Gasteiger partial charge on any atom is 0.423 e. The highest BCUT2D eigenvalue weighted by Crippen LogP contribution is 2.32. The molecule has 188 valence electrons. The lowest BCUT2D eigenvalue weighted by atomic mass is 10.2. The van der Waals surface area contributed by atoms with Crippen molar-refractivity contribution in [2.45, 2.75) is 58.1 Å². The normalized spacial score (nSPS) is 12.9. The van der Waals surface area contributed by atoms with Gasteiger partial charge in [0.1, 0.15) is 12.3 Å². The number of esters is 1. The molecule has 2 aromatic heterocycles. The number of nitrogens with one attached hydrogen (secondary N) is 1. The van der Waals surface area contributed by atoms with E-state index in [0.717, 1.165) is 22.9 Å². The van der Waals surface area contributed by atoms with Gasteiger partial charge in [0.2, 0.25) is 0 Å². The van der Waals surface area contributed by atoms with Gasteiger partial charge in [-0.2, -0.15) is 18.3 Å². The van der Waals surface area contributed by atoms with Crippen LogP contribution in [0, 0.1) is 0 Å². The van der Waals surface area contributed by atoms with Crippen LogP contribution in [-0.4, -0.2) is 48.1 Å². The molecule has 0 unspecified atom stereocenters. The van der Waals surface area contributed by atoms with Crippen molar-refractivity contribution in [3.8, 4) is 0 Å². The van der Waals surface area contributed by atoms with Crippen LogP contribution in [0.2, 0.25) is 25.7 Å². The van der Waals surface area contributed by atoms with E-state index < -0.39 is 55.4 Å². The Balaban J connectivity index is 2.23. The average Bonchev–Trinajstić information content (AvgIpc) is 2.71. The van der Waals surface area contributed by atoms with Crippen LogP contribution in [0.25, 0.3) is 0 Å². The standard InChI is InChI=1S/C21H29F3N4O5Si/c1-14(11-27-12-15(20(31)32-2)6-7-17(27)29)26-16-10-25-28(13-33-8-9-34(3,4)5)19(30)18(16)21(22,23)24/h6-7,10,12,14,26H,8-9,11,13H2,1-5H3/t14-/m0/s1. The molecule has 0 spiro atoms. The zero-order valence-electron chi connectivity index (χ0n) is 19.7. The van der Waals surface area contributed by atoms with E-state index in [0.29, 0.717) is 11.3 Å². The Bertz CT molecular complexity index is 1130. The summed E-state index contributed by atoms with van der Waals surface area (Å²) in [5.41, 5.74) is -3.59. The molecule has 0 amide bonds. The van der Waals surface area contributed by atoms with Crippen molar-refractivity contribution in [2.75, 3.05) is 19.0 Å². The second-order valence-electron chi connectivity index (χ2n) is 9.03. The van der Waals surface area contributed by atoms with E-state index in [-0.39, 0.29) is 12.1 Å². The van der Waals surface area contributed by atoms with Crippen molar-refractivity contribution >= 4 is 19.7 Å². The number of pyridine rings is 1. The minimum atomic E-state index is -4.94. The molecule has 0 aliphatic rings. The van der Waals surface area contributed by atoms with Gasteiger partial charge in [0.05, 0.1) is 24.6 Å². The Morgan fingerprint density at radius 1 is 1.24 bits per heavy atom. The van der Waals surface area contributed by atoms with Crippen molar-refractivity contribution in [3.63, 3.8) is 0 Å². The third-order valence-electron chi connectivity index (χ3n) is 4.81. The van der Waals surface area contributed by atoms with E-state index in [4.69, 9.17) is 4.74 Å². The number of carbonyl (C=O) groups is 1. The van der Waals surface area contributed by atoms with Gasteiger partial charge in [0.15, 0.2) is 0 Å². The van der Waals surface area contributed by atoms with Gasteiger partial charge in [-0.05, 0) is 19.0 Å². The maximum atomic E-state index is 13.7. The molecule has 1 atom stereocenters. The highest BCUT2D eigenvalue weighted by molar-refractivity contribution is 6.76. The van der Waals surface area contributed by atoms with Crippen molar-refractivity contribution in [1.29, 1.82) is 0 Å². The maximum absolute atomic E-state index is 13.7. The number of hydrogen-bond acceptors (Lipinski definition) is 7. The minimum Gasteiger partial charge on any atom is -0.465 e. The topological polar surface area (TPSA) is 104 Å². The summed E-state index contributed by atoms with van der Waals surface area (Å²) in [6.07, 6.45) is -2.77. The second-order valence-corrected chi connectivity index (χ2v) is 14.7. The molecule has 2 heterocycles. The number of rotatable bonds is 10. The highest BCUT2D eigenvalue weighted by atomic mass is 28.3. The predicted octanol–water partition coefficient (Wildman–Crippen LogP) is 3.02. The average molecular weight is 503 g/mol. The Morgan fingerprint density at radius 3 is 2.50 bits per heavy atom. The molecule has 2 rings (SSSR count). The molecule has 1 N–H and O–H groups in total. The molecule has 0 bridgehead atoms. The zero-order valence-corrected chi connectivity index (χ0v) is 20.7.